The number of unbranched alkanes of at least 4 members (excludes halogenated alkanes) is 1. The van der Waals surface area contributed by atoms with Crippen molar-refractivity contribution >= 4 is 23.3 Å². The molecule has 1 aromatic heterocycles. The Labute approximate surface area is 153 Å². The van der Waals surface area contributed by atoms with E-state index in [-0.39, 0.29) is 6.03 Å². The maximum absolute atomic E-state index is 12.3. The van der Waals surface area contributed by atoms with E-state index in [1.165, 1.54) is 5.69 Å². The summed E-state index contributed by atoms with van der Waals surface area (Å²) in [4.78, 5) is 23.8. The van der Waals surface area contributed by atoms with Crippen molar-refractivity contribution in [3.8, 4) is 0 Å². The van der Waals surface area contributed by atoms with Crippen molar-refractivity contribution in [3.63, 3.8) is 0 Å². The van der Waals surface area contributed by atoms with Gasteiger partial charge in [-0.25, -0.2) is 9.78 Å². The number of hydrogen-bond donors (Lipinski definition) is 2. The maximum atomic E-state index is 12.3. The molecule has 1 aromatic carbocycles. The summed E-state index contributed by atoms with van der Waals surface area (Å²) >= 11 is 5.95. The molecule has 25 heavy (non-hydrogen) atoms. The molecular weight excluding hydrogens is 338 g/mol. The van der Waals surface area contributed by atoms with E-state index in [2.05, 4.69) is 20.2 Å². The molecule has 134 valence electrons. The quantitative estimate of drug-likeness (QED) is 0.776. The van der Waals surface area contributed by atoms with Crippen LogP contribution in [0.5, 0.6) is 0 Å². The first-order valence-electron chi connectivity index (χ1n) is 8.72. The Morgan fingerprint density at radius 1 is 1.24 bits per heavy atom. The normalized spacial score (nSPS) is 15.3. The molecule has 0 bridgehead atoms. The van der Waals surface area contributed by atoms with Gasteiger partial charge in [0.05, 0.1) is 6.33 Å². The average Bonchev–Trinajstić information content (AvgIpc) is 3.13. The van der Waals surface area contributed by atoms with Crippen molar-refractivity contribution in [1.82, 2.24) is 19.8 Å². The number of imidazole rings is 1. The van der Waals surface area contributed by atoms with Gasteiger partial charge in [0.1, 0.15) is 0 Å². The fourth-order valence-electron chi connectivity index (χ4n) is 3.02. The Morgan fingerprint density at radius 3 is 2.80 bits per heavy atom. The highest BCUT2D eigenvalue weighted by atomic mass is 35.5. The number of H-pyrrole nitrogens is 1. The van der Waals surface area contributed by atoms with Crippen molar-refractivity contribution in [1.29, 1.82) is 0 Å². The Kier molecular flexibility index (Phi) is 6.30. The van der Waals surface area contributed by atoms with Gasteiger partial charge >= 0.3 is 6.03 Å². The van der Waals surface area contributed by atoms with Crippen LogP contribution in [-0.2, 0) is 6.42 Å². The highest BCUT2D eigenvalue weighted by Gasteiger charge is 2.20. The zero-order valence-electron chi connectivity index (χ0n) is 14.2. The molecule has 0 atom stereocenters. The summed E-state index contributed by atoms with van der Waals surface area (Å²) in [5.74, 6) is 0. The molecule has 1 aliphatic rings. The molecule has 2 heterocycles. The summed E-state index contributed by atoms with van der Waals surface area (Å²) in [7, 11) is 0. The van der Waals surface area contributed by atoms with Crippen LogP contribution in [0, 0.1) is 0 Å². The number of nitrogens with zero attached hydrogens (tertiary/aromatic N) is 3. The second-order valence-corrected chi connectivity index (χ2v) is 6.74. The molecule has 6 nitrogen and oxygen atoms in total. The Balaban J connectivity index is 1.34. The second-order valence-electron chi connectivity index (χ2n) is 6.30. The van der Waals surface area contributed by atoms with E-state index >= 15 is 0 Å². The van der Waals surface area contributed by atoms with E-state index in [1.54, 1.807) is 18.5 Å². The number of nitrogens with one attached hydrogen (secondary N) is 2. The van der Waals surface area contributed by atoms with Gasteiger partial charge in [0.2, 0.25) is 0 Å². The molecule has 0 radical (unpaired) electrons. The minimum absolute atomic E-state index is 0.0545. The topological polar surface area (TPSA) is 64.3 Å². The van der Waals surface area contributed by atoms with Gasteiger partial charge in [0.25, 0.3) is 0 Å². The number of halogens is 1. The van der Waals surface area contributed by atoms with Crippen LogP contribution in [0.2, 0.25) is 5.02 Å². The standard InChI is InChI=1S/C18H24ClN5O/c19-15-4-3-6-16(12-15)22-18(25)24-10-8-23(9-11-24)7-2-1-5-17-13-20-14-21-17/h3-4,6,12-14H,1-2,5,7-11H2,(H,20,21)(H,22,25). The molecule has 0 spiro atoms. The number of hydrogen-bond acceptors (Lipinski definition) is 3. The van der Waals surface area contributed by atoms with Gasteiger partial charge < -0.3 is 15.2 Å². The van der Waals surface area contributed by atoms with Crippen LogP contribution >= 0.6 is 11.6 Å². The Bertz CT molecular complexity index is 668. The molecule has 0 aliphatic carbocycles. The largest absolute Gasteiger partial charge is 0.348 e. The summed E-state index contributed by atoms with van der Waals surface area (Å²) in [6.07, 6.45) is 6.97. The number of benzene rings is 1. The Hall–Kier alpha value is -2.05. The summed E-state index contributed by atoms with van der Waals surface area (Å²) < 4.78 is 0. The van der Waals surface area contributed by atoms with Gasteiger partial charge in [-0.3, -0.25) is 4.90 Å². The predicted molar refractivity (Wildman–Crippen MR) is 100 cm³/mol. The average molecular weight is 362 g/mol. The minimum atomic E-state index is -0.0545. The Morgan fingerprint density at radius 2 is 2.08 bits per heavy atom. The lowest BCUT2D eigenvalue weighted by Gasteiger charge is -2.34. The van der Waals surface area contributed by atoms with Gasteiger partial charge in [0.15, 0.2) is 0 Å². The van der Waals surface area contributed by atoms with Gasteiger partial charge in [0, 0.05) is 48.8 Å². The number of amides is 2. The number of aryl methyl sites for hydroxylation is 1. The smallest absolute Gasteiger partial charge is 0.321 e. The first-order valence-corrected chi connectivity index (χ1v) is 9.09. The molecule has 3 rings (SSSR count). The first-order chi connectivity index (χ1) is 12.2. The van der Waals surface area contributed by atoms with Crippen LogP contribution in [0.25, 0.3) is 0 Å². The highest BCUT2D eigenvalue weighted by molar-refractivity contribution is 6.30. The minimum Gasteiger partial charge on any atom is -0.348 e. The van der Waals surface area contributed by atoms with Crippen molar-refractivity contribution in [3.05, 3.63) is 47.5 Å². The van der Waals surface area contributed by atoms with E-state index < -0.39 is 0 Å². The molecule has 2 amide bonds. The van der Waals surface area contributed by atoms with Gasteiger partial charge in [-0.15, -0.1) is 0 Å². The third kappa shape index (κ3) is 5.47. The molecular formula is C18H24ClN5O. The summed E-state index contributed by atoms with van der Waals surface area (Å²) in [6.45, 7) is 4.44. The lowest BCUT2D eigenvalue weighted by Crippen LogP contribution is -2.50. The van der Waals surface area contributed by atoms with Gasteiger partial charge in [-0.05, 0) is 44.0 Å². The van der Waals surface area contributed by atoms with Crippen LogP contribution in [0.3, 0.4) is 0 Å². The van der Waals surface area contributed by atoms with Crippen LogP contribution in [-0.4, -0.2) is 58.5 Å². The number of carbonyl (C=O) groups is 1. The molecule has 1 aliphatic heterocycles. The number of anilines is 1. The van der Waals surface area contributed by atoms with Crippen LogP contribution in [0.15, 0.2) is 36.8 Å². The molecule has 7 heteroatoms. The van der Waals surface area contributed by atoms with Crippen molar-refractivity contribution in [2.45, 2.75) is 19.3 Å². The van der Waals surface area contributed by atoms with E-state index in [0.29, 0.717) is 5.02 Å². The third-order valence-corrected chi connectivity index (χ3v) is 4.70. The molecule has 2 N–H and O–H groups in total. The molecule has 1 saturated heterocycles. The lowest BCUT2D eigenvalue weighted by molar-refractivity contribution is 0.146. The van der Waals surface area contributed by atoms with E-state index in [9.17, 15) is 4.79 Å². The lowest BCUT2D eigenvalue weighted by atomic mass is 10.2. The van der Waals surface area contributed by atoms with E-state index in [0.717, 1.165) is 57.7 Å². The van der Waals surface area contributed by atoms with Crippen molar-refractivity contribution in [2.75, 3.05) is 38.0 Å². The number of aromatic amines is 1. The fraction of sp³-hybridized carbons (Fsp3) is 0.444. The van der Waals surface area contributed by atoms with E-state index in [4.69, 9.17) is 11.6 Å². The zero-order valence-corrected chi connectivity index (χ0v) is 15.0. The number of urea groups is 1. The SMILES string of the molecule is O=C(Nc1cccc(Cl)c1)N1CCN(CCCCc2cnc[nH]2)CC1. The molecule has 1 fully saturated rings. The highest BCUT2D eigenvalue weighted by Crippen LogP contribution is 2.16. The first kappa shape index (κ1) is 17.8. The summed E-state index contributed by atoms with van der Waals surface area (Å²) in [6, 6.07) is 7.18. The van der Waals surface area contributed by atoms with Gasteiger partial charge in [-0.2, -0.15) is 0 Å². The monoisotopic (exact) mass is 361 g/mol. The third-order valence-electron chi connectivity index (χ3n) is 4.46. The molecule has 0 saturated carbocycles. The maximum Gasteiger partial charge on any atom is 0.321 e. The van der Waals surface area contributed by atoms with Crippen LogP contribution < -0.4 is 5.32 Å². The molecule has 0 unspecified atom stereocenters. The number of piperazine rings is 1. The number of carbonyl (C=O) groups excluding carboxylic acids is 1. The fourth-order valence-corrected chi connectivity index (χ4v) is 3.21. The van der Waals surface area contributed by atoms with Gasteiger partial charge in [-0.1, -0.05) is 17.7 Å². The number of rotatable bonds is 6. The van der Waals surface area contributed by atoms with Crippen LogP contribution in [0.4, 0.5) is 10.5 Å². The van der Waals surface area contributed by atoms with Crippen LogP contribution in [0.1, 0.15) is 18.5 Å². The predicted octanol–water partition coefficient (Wildman–Crippen LogP) is 3.24. The summed E-state index contributed by atoms with van der Waals surface area (Å²) in [5, 5.41) is 3.53. The number of aromatic nitrogens is 2. The van der Waals surface area contributed by atoms with Crippen molar-refractivity contribution < 1.29 is 4.79 Å². The molecule has 2 aromatic rings. The second kappa shape index (κ2) is 8.87. The van der Waals surface area contributed by atoms with E-state index in [1.807, 2.05) is 23.2 Å². The zero-order chi connectivity index (χ0) is 17.5. The van der Waals surface area contributed by atoms with Crippen molar-refractivity contribution in [2.24, 2.45) is 0 Å². The summed E-state index contributed by atoms with van der Waals surface area (Å²) in [5.41, 5.74) is 1.93.